The second kappa shape index (κ2) is 5.89. The smallest absolute Gasteiger partial charge is 0.317 e. The molecule has 0 bridgehead atoms. The average Bonchev–Trinajstić information content (AvgIpc) is 3.01. The highest BCUT2D eigenvalue weighted by atomic mass is 16.6. The van der Waals surface area contributed by atoms with E-state index in [1.165, 1.54) is 0 Å². The molecule has 2 atom stereocenters. The summed E-state index contributed by atoms with van der Waals surface area (Å²) in [6.45, 7) is 0. The molecule has 22 heavy (non-hydrogen) atoms. The SMILES string of the molecule is COc1ccc([C@H]2ON=C(c3ccccc3)[C@H]2C(=O)O)cc1. The normalized spacial score (nSPS) is 20.1. The van der Waals surface area contributed by atoms with E-state index in [2.05, 4.69) is 5.16 Å². The molecule has 5 heteroatoms. The number of oxime groups is 1. The maximum atomic E-state index is 11.7. The van der Waals surface area contributed by atoms with Crippen molar-refractivity contribution in [2.45, 2.75) is 6.10 Å². The van der Waals surface area contributed by atoms with E-state index in [0.29, 0.717) is 11.5 Å². The molecule has 3 rings (SSSR count). The number of hydrogen-bond acceptors (Lipinski definition) is 4. The van der Waals surface area contributed by atoms with E-state index in [1.54, 1.807) is 31.4 Å². The summed E-state index contributed by atoms with van der Waals surface area (Å²) in [5.74, 6) is -1.09. The highest BCUT2D eigenvalue weighted by Crippen LogP contribution is 2.35. The molecule has 0 aliphatic carbocycles. The highest BCUT2D eigenvalue weighted by Gasteiger charge is 2.41. The van der Waals surface area contributed by atoms with E-state index >= 15 is 0 Å². The summed E-state index contributed by atoms with van der Waals surface area (Å²) in [7, 11) is 1.58. The summed E-state index contributed by atoms with van der Waals surface area (Å²) in [6.07, 6.45) is -0.640. The molecule has 0 radical (unpaired) electrons. The quantitative estimate of drug-likeness (QED) is 0.942. The van der Waals surface area contributed by atoms with Crippen LogP contribution >= 0.6 is 0 Å². The van der Waals surface area contributed by atoms with Crippen molar-refractivity contribution < 1.29 is 19.5 Å². The molecule has 1 aliphatic rings. The Morgan fingerprint density at radius 3 is 2.41 bits per heavy atom. The molecular weight excluding hydrogens is 282 g/mol. The first-order valence-corrected chi connectivity index (χ1v) is 6.86. The largest absolute Gasteiger partial charge is 0.497 e. The molecule has 0 fully saturated rings. The van der Waals surface area contributed by atoms with Gasteiger partial charge in [-0.25, -0.2) is 0 Å². The van der Waals surface area contributed by atoms with Gasteiger partial charge in [0, 0.05) is 5.56 Å². The Kier molecular flexibility index (Phi) is 3.78. The van der Waals surface area contributed by atoms with Crippen LogP contribution in [-0.4, -0.2) is 23.9 Å². The third kappa shape index (κ3) is 2.53. The predicted octanol–water partition coefficient (Wildman–Crippen LogP) is 2.87. The zero-order valence-electron chi connectivity index (χ0n) is 12.0. The van der Waals surface area contributed by atoms with Gasteiger partial charge < -0.3 is 14.7 Å². The number of methoxy groups -OCH3 is 1. The van der Waals surface area contributed by atoms with Gasteiger partial charge >= 0.3 is 5.97 Å². The van der Waals surface area contributed by atoms with E-state index in [-0.39, 0.29) is 0 Å². The Morgan fingerprint density at radius 1 is 1.14 bits per heavy atom. The van der Waals surface area contributed by atoms with Crippen molar-refractivity contribution in [1.29, 1.82) is 0 Å². The first kappa shape index (κ1) is 14.1. The highest BCUT2D eigenvalue weighted by molar-refractivity contribution is 6.12. The fourth-order valence-corrected chi connectivity index (χ4v) is 2.51. The predicted molar refractivity (Wildman–Crippen MR) is 80.9 cm³/mol. The van der Waals surface area contributed by atoms with Gasteiger partial charge in [0.15, 0.2) is 6.10 Å². The minimum atomic E-state index is -0.957. The number of carboxylic acids is 1. The maximum absolute atomic E-state index is 11.7. The van der Waals surface area contributed by atoms with Crippen LogP contribution in [0.3, 0.4) is 0 Å². The Labute approximate surface area is 127 Å². The molecular formula is C17H15NO4. The van der Waals surface area contributed by atoms with Gasteiger partial charge in [0.1, 0.15) is 17.4 Å². The molecule has 2 aromatic carbocycles. The van der Waals surface area contributed by atoms with Gasteiger partial charge in [-0.15, -0.1) is 0 Å². The molecule has 0 unspecified atom stereocenters. The lowest BCUT2D eigenvalue weighted by Crippen LogP contribution is -2.26. The third-order valence-corrected chi connectivity index (χ3v) is 3.64. The van der Waals surface area contributed by atoms with Gasteiger partial charge in [-0.2, -0.15) is 0 Å². The lowest BCUT2D eigenvalue weighted by molar-refractivity contribution is -0.142. The summed E-state index contributed by atoms with van der Waals surface area (Å²) in [5.41, 5.74) is 1.95. The second-order valence-electron chi connectivity index (χ2n) is 4.96. The Morgan fingerprint density at radius 2 is 1.82 bits per heavy atom. The van der Waals surface area contributed by atoms with Gasteiger partial charge in [0.05, 0.1) is 7.11 Å². The van der Waals surface area contributed by atoms with Crippen LogP contribution < -0.4 is 4.74 Å². The number of aliphatic carboxylic acids is 1. The molecule has 0 saturated carbocycles. The number of hydrogen-bond donors (Lipinski definition) is 1. The minimum Gasteiger partial charge on any atom is -0.497 e. The summed E-state index contributed by atoms with van der Waals surface area (Å²) in [6, 6.07) is 16.4. The van der Waals surface area contributed by atoms with Gasteiger partial charge in [0.2, 0.25) is 0 Å². The number of rotatable bonds is 4. The third-order valence-electron chi connectivity index (χ3n) is 3.64. The van der Waals surface area contributed by atoms with E-state index < -0.39 is 18.0 Å². The Bertz CT molecular complexity index is 694. The summed E-state index contributed by atoms with van der Waals surface area (Å²) >= 11 is 0. The molecule has 0 amide bonds. The molecule has 0 spiro atoms. The molecule has 2 aromatic rings. The molecule has 0 saturated heterocycles. The monoisotopic (exact) mass is 297 g/mol. The van der Waals surface area contributed by atoms with E-state index in [0.717, 1.165) is 11.1 Å². The molecule has 0 aromatic heterocycles. The maximum Gasteiger partial charge on any atom is 0.317 e. The topological polar surface area (TPSA) is 68.1 Å². The van der Waals surface area contributed by atoms with Crippen LogP contribution in [0.5, 0.6) is 5.75 Å². The van der Waals surface area contributed by atoms with Gasteiger partial charge in [0.25, 0.3) is 0 Å². The van der Waals surface area contributed by atoms with E-state index in [1.807, 2.05) is 30.3 Å². The molecule has 112 valence electrons. The van der Waals surface area contributed by atoms with Crippen LogP contribution in [0.25, 0.3) is 0 Å². The van der Waals surface area contributed by atoms with Crippen LogP contribution in [0.1, 0.15) is 17.2 Å². The van der Waals surface area contributed by atoms with Crippen molar-refractivity contribution in [2.75, 3.05) is 7.11 Å². The number of carboxylic acid groups (broad SMARTS) is 1. The molecule has 1 heterocycles. The minimum absolute atomic E-state index is 0.439. The average molecular weight is 297 g/mol. The number of benzene rings is 2. The van der Waals surface area contributed by atoms with E-state index in [4.69, 9.17) is 9.57 Å². The van der Waals surface area contributed by atoms with Gasteiger partial charge in [-0.05, 0) is 17.7 Å². The lowest BCUT2D eigenvalue weighted by Gasteiger charge is -2.15. The summed E-state index contributed by atoms with van der Waals surface area (Å²) < 4.78 is 5.11. The first-order valence-electron chi connectivity index (χ1n) is 6.86. The van der Waals surface area contributed by atoms with Crippen molar-refractivity contribution in [3.05, 3.63) is 65.7 Å². The van der Waals surface area contributed by atoms with Crippen molar-refractivity contribution in [3.63, 3.8) is 0 Å². The van der Waals surface area contributed by atoms with Crippen LogP contribution in [0, 0.1) is 5.92 Å². The van der Waals surface area contributed by atoms with E-state index in [9.17, 15) is 9.90 Å². The Hall–Kier alpha value is -2.82. The van der Waals surface area contributed by atoms with Crippen molar-refractivity contribution >= 4 is 11.7 Å². The van der Waals surface area contributed by atoms with Crippen LogP contribution in [-0.2, 0) is 9.63 Å². The number of nitrogens with zero attached hydrogens (tertiary/aromatic N) is 1. The molecule has 1 N–H and O–H groups in total. The van der Waals surface area contributed by atoms with Crippen molar-refractivity contribution in [3.8, 4) is 5.75 Å². The zero-order valence-corrected chi connectivity index (χ0v) is 12.0. The van der Waals surface area contributed by atoms with Crippen LogP contribution in [0.2, 0.25) is 0 Å². The summed E-state index contributed by atoms with van der Waals surface area (Å²) in [4.78, 5) is 17.1. The number of carbonyl (C=O) groups is 1. The zero-order chi connectivity index (χ0) is 15.5. The van der Waals surface area contributed by atoms with Gasteiger partial charge in [-0.3, -0.25) is 4.79 Å². The fourth-order valence-electron chi connectivity index (χ4n) is 2.51. The van der Waals surface area contributed by atoms with Crippen molar-refractivity contribution in [1.82, 2.24) is 0 Å². The first-order chi connectivity index (χ1) is 10.7. The van der Waals surface area contributed by atoms with Crippen molar-refractivity contribution in [2.24, 2.45) is 11.1 Å². The molecule has 1 aliphatic heterocycles. The molecule has 5 nitrogen and oxygen atoms in total. The Balaban J connectivity index is 1.92. The fraction of sp³-hybridized carbons (Fsp3) is 0.176. The van der Waals surface area contributed by atoms with Crippen LogP contribution in [0.15, 0.2) is 59.8 Å². The summed E-state index contributed by atoms with van der Waals surface area (Å²) in [5, 5.41) is 13.6. The standard InChI is InChI=1S/C17H15NO4/c1-21-13-9-7-12(8-10-13)16-14(17(19)20)15(18-22-16)11-5-3-2-4-6-11/h2-10,14,16H,1H3,(H,19,20)/t14-,16-/m1/s1. The second-order valence-corrected chi connectivity index (χ2v) is 4.96. The number of ether oxygens (including phenoxy) is 1. The van der Waals surface area contributed by atoms with Crippen LogP contribution in [0.4, 0.5) is 0 Å². The lowest BCUT2D eigenvalue weighted by atomic mass is 9.89. The van der Waals surface area contributed by atoms with Gasteiger partial charge in [-0.1, -0.05) is 47.6 Å².